The lowest BCUT2D eigenvalue weighted by atomic mass is 10.1. The van der Waals surface area contributed by atoms with E-state index in [1.807, 2.05) is 0 Å². The van der Waals surface area contributed by atoms with E-state index in [0.717, 1.165) is 25.7 Å². The summed E-state index contributed by atoms with van der Waals surface area (Å²) in [6, 6.07) is -0.0324. The van der Waals surface area contributed by atoms with Crippen LogP contribution in [-0.2, 0) is 0 Å². The van der Waals surface area contributed by atoms with Crippen molar-refractivity contribution in [2.45, 2.75) is 44.6 Å². The van der Waals surface area contributed by atoms with Crippen molar-refractivity contribution in [2.75, 3.05) is 0 Å². The van der Waals surface area contributed by atoms with Crippen molar-refractivity contribution in [3.8, 4) is 0 Å². The van der Waals surface area contributed by atoms with Gasteiger partial charge < -0.3 is 0 Å². The quantitative estimate of drug-likeness (QED) is 0.380. The predicted molar refractivity (Wildman–Crippen MR) is 40.9 cm³/mol. The molecule has 0 saturated heterocycles. The van der Waals surface area contributed by atoms with E-state index in [1.54, 1.807) is 0 Å². The highest BCUT2D eigenvalue weighted by molar-refractivity contribution is 4.67. The van der Waals surface area contributed by atoms with Crippen LogP contribution >= 0.6 is 0 Å². The molecule has 0 aromatic carbocycles. The van der Waals surface area contributed by atoms with Crippen LogP contribution in [0.25, 0.3) is 0 Å². The molecule has 1 aliphatic carbocycles. The standard InChI is InChI=1S/C7H14N2O2/c10-8-9(11)7-5-3-1-2-4-6-7/h7,11H,1-6H2. The lowest BCUT2D eigenvalue weighted by Gasteiger charge is -2.17. The largest absolute Gasteiger partial charge is 0.269 e. The molecule has 0 radical (unpaired) electrons. The molecule has 1 fully saturated rings. The maximum absolute atomic E-state index is 9.94. The van der Waals surface area contributed by atoms with Crippen LogP contribution in [0.2, 0.25) is 0 Å². The molecule has 1 aliphatic rings. The van der Waals surface area contributed by atoms with Crippen LogP contribution in [0.4, 0.5) is 0 Å². The molecule has 0 bridgehead atoms. The molecule has 1 N–H and O–H groups in total. The SMILES string of the molecule is O=NN(O)C1CCCCCC1. The van der Waals surface area contributed by atoms with Gasteiger partial charge in [-0.15, -0.1) is 10.1 Å². The van der Waals surface area contributed by atoms with Gasteiger partial charge in [0.1, 0.15) is 0 Å². The van der Waals surface area contributed by atoms with Gasteiger partial charge in [0.25, 0.3) is 0 Å². The Hall–Kier alpha value is -0.640. The lowest BCUT2D eigenvalue weighted by molar-refractivity contribution is -0.131. The second-order valence-corrected chi connectivity index (χ2v) is 3.05. The van der Waals surface area contributed by atoms with Gasteiger partial charge in [-0.3, -0.25) is 5.21 Å². The van der Waals surface area contributed by atoms with Crippen LogP contribution in [0.5, 0.6) is 0 Å². The Morgan fingerprint density at radius 2 is 1.73 bits per heavy atom. The van der Waals surface area contributed by atoms with Crippen LogP contribution in [-0.4, -0.2) is 16.4 Å². The average Bonchev–Trinajstić information content (AvgIpc) is 2.30. The molecule has 0 heterocycles. The van der Waals surface area contributed by atoms with E-state index in [2.05, 4.69) is 5.29 Å². The third-order valence-electron chi connectivity index (χ3n) is 2.23. The topological polar surface area (TPSA) is 52.9 Å². The van der Waals surface area contributed by atoms with E-state index in [9.17, 15) is 4.91 Å². The summed E-state index contributed by atoms with van der Waals surface area (Å²) < 4.78 is 0. The molecular formula is C7H14N2O2. The average molecular weight is 158 g/mol. The first-order valence-corrected chi connectivity index (χ1v) is 4.16. The van der Waals surface area contributed by atoms with Crippen LogP contribution in [0.3, 0.4) is 0 Å². The molecule has 4 nitrogen and oxygen atoms in total. The maximum Gasteiger partial charge on any atom is 0.0790 e. The fourth-order valence-corrected chi connectivity index (χ4v) is 1.56. The van der Waals surface area contributed by atoms with Crippen LogP contribution in [0.1, 0.15) is 38.5 Å². The Morgan fingerprint density at radius 3 is 2.18 bits per heavy atom. The Bertz CT molecular complexity index is 122. The van der Waals surface area contributed by atoms with Crippen molar-refractivity contribution in [1.29, 1.82) is 0 Å². The summed E-state index contributed by atoms with van der Waals surface area (Å²) in [5.41, 5.74) is 0. The fraction of sp³-hybridized carbons (Fsp3) is 1.00. The Balaban J connectivity index is 2.35. The van der Waals surface area contributed by atoms with E-state index in [4.69, 9.17) is 5.21 Å². The van der Waals surface area contributed by atoms with Crippen molar-refractivity contribution < 1.29 is 5.21 Å². The van der Waals surface area contributed by atoms with Crippen molar-refractivity contribution >= 4 is 0 Å². The van der Waals surface area contributed by atoms with Gasteiger partial charge in [0.2, 0.25) is 0 Å². The van der Waals surface area contributed by atoms with Crippen molar-refractivity contribution in [3.05, 3.63) is 4.91 Å². The van der Waals surface area contributed by atoms with Gasteiger partial charge in [-0.25, -0.2) is 0 Å². The first kappa shape index (κ1) is 8.46. The zero-order valence-electron chi connectivity index (χ0n) is 6.57. The first-order valence-electron chi connectivity index (χ1n) is 4.16. The minimum Gasteiger partial charge on any atom is -0.269 e. The number of nitroso groups, excluding NO2 is 1. The first-order chi connectivity index (χ1) is 5.34. The van der Waals surface area contributed by atoms with Crippen LogP contribution in [0, 0.1) is 4.91 Å². The third-order valence-corrected chi connectivity index (χ3v) is 2.23. The van der Waals surface area contributed by atoms with E-state index in [0.29, 0.717) is 5.17 Å². The highest BCUT2D eigenvalue weighted by atomic mass is 16.6. The van der Waals surface area contributed by atoms with E-state index < -0.39 is 0 Å². The lowest BCUT2D eigenvalue weighted by Crippen LogP contribution is -2.26. The molecule has 4 heteroatoms. The van der Waals surface area contributed by atoms with Crippen molar-refractivity contribution in [1.82, 2.24) is 5.17 Å². The summed E-state index contributed by atoms with van der Waals surface area (Å²) >= 11 is 0. The maximum atomic E-state index is 9.94. The van der Waals surface area contributed by atoms with E-state index in [1.165, 1.54) is 12.8 Å². The molecule has 11 heavy (non-hydrogen) atoms. The van der Waals surface area contributed by atoms with Crippen LogP contribution in [0.15, 0.2) is 5.29 Å². The monoisotopic (exact) mass is 158 g/mol. The smallest absolute Gasteiger partial charge is 0.0790 e. The van der Waals surface area contributed by atoms with Gasteiger partial charge in [0, 0.05) is 0 Å². The minimum absolute atomic E-state index is 0.0324. The zero-order chi connectivity index (χ0) is 8.10. The van der Waals surface area contributed by atoms with Gasteiger partial charge >= 0.3 is 0 Å². The van der Waals surface area contributed by atoms with E-state index in [-0.39, 0.29) is 6.04 Å². The summed E-state index contributed by atoms with van der Waals surface area (Å²) in [5.74, 6) is 0. The molecular weight excluding hydrogens is 144 g/mol. The molecule has 1 saturated carbocycles. The molecule has 1 rings (SSSR count). The highest BCUT2D eigenvalue weighted by Gasteiger charge is 2.17. The second-order valence-electron chi connectivity index (χ2n) is 3.05. The zero-order valence-corrected chi connectivity index (χ0v) is 6.57. The summed E-state index contributed by atoms with van der Waals surface area (Å²) in [7, 11) is 0. The van der Waals surface area contributed by atoms with Crippen LogP contribution < -0.4 is 0 Å². The number of nitrogens with zero attached hydrogens (tertiary/aromatic N) is 2. The van der Waals surface area contributed by atoms with Crippen molar-refractivity contribution in [3.63, 3.8) is 0 Å². The van der Waals surface area contributed by atoms with Gasteiger partial charge in [0.15, 0.2) is 0 Å². The second kappa shape index (κ2) is 4.28. The number of hydrogen-bond donors (Lipinski definition) is 1. The molecule has 0 unspecified atom stereocenters. The van der Waals surface area contributed by atoms with Crippen molar-refractivity contribution in [2.24, 2.45) is 5.29 Å². The minimum atomic E-state index is -0.0324. The predicted octanol–water partition coefficient (Wildman–Crippen LogP) is 2.08. The Morgan fingerprint density at radius 1 is 1.18 bits per heavy atom. The fourth-order valence-electron chi connectivity index (χ4n) is 1.56. The molecule has 0 atom stereocenters. The van der Waals surface area contributed by atoms with Gasteiger partial charge in [-0.2, -0.15) is 0 Å². The van der Waals surface area contributed by atoms with E-state index >= 15 is 0 Å². The number of hydroxylamine groups is 1. The molecule has 0 amide bonds. The van der Waals surface area contributed by atoms with Gasteiger partial charge in [-0.1, -0.05) is 25.7 Å². The van der Waals surface area contributed by atoms with Gasteiger partial charge in [0.05, 0.1) is 11.3 Å². The molecule has 0 aromatic rings. The summed E-state index contributed by atoms with van der Waals surface area (Å²) in [6.45, 7) is 0. The normalized spacial score (nSPS) is 20.8. The summed E-state index contributed by atoms with van der Waals surface area (Å²) in [5, 5.41) is 12.0. The third kappa shape index (κ3) is 2.46. The molecule has 0 aliphatic heterocycles. The Labute approximate surface area is 66.1 Å². The van der Waals surface area contributed by atoms with Gasteiger partial charge in [-0.05, 0) is 12.8 Å². The molecule has 0 aromatic heterocycles. The summed E-state index contributed by atoms with van der Waals surface area (Å²) in [6.07, 6.45) is 6.39. The Kier molecular flexibility index (Phi) is 3.29. The summed E-state index contributed by atoms with van der Waals surface area (Å²) in [4.78, 5) is 9.94. The number of hydrogen-bond acceptors (Lipinski definition) is 3. The number of rotatable bonds is 2. The molecule has 0 spiro atoms. The highest BCUT2D eigenvalue weighted by Crippen LogP contribution is 2.20. The molecule has 64 valence electrons.